The first kappa shape index (κ1) is 21.4. The molecular weight excluding hydrogens is 444 g/mol. The molecule has 0 bridgehead atoms. The number of benzene rings is 1. The second-order valence-corrected chi connectivity index (χ2v) is 12.0. The van der Waals surface area contributed by atoms with Crippen LogP contribution in [0.3, 0.4) is 0 Å². The minimum Gasteiger partial charge on any atom is -0.488 e. The number of hydrogen-bond donors (Lipinski definition) is 1. The second kappa shape index (κ2) is 8.19. The summed E-state index contributed by atoms with van der Waals surface area (Å²) < 4.78 is 32.6. The van der Waals surface area contributed by atoms with Crippen LogP contribution in [0.2, 0.25) is 4.47 Å². The molecule has 0 amide bonds. The Bertz CT molecular complexity index is 959. The van der Waals surface area contributed by atoms with Crippen LogP contribution >= 0.6 is 34.7 Å². The molecule has 0 aliphatic carbocycles. The van der Waals surface area contributed by atoms with Gasteiger partial charge in [-0.25, -0.2) is 13.4 Å². The smallest absolute Gasteiger partial charge is 0.323 e. The Labute approximate surface area is 176 Å². The van der Waals surface area contributed by atoms with Crippen LogP contribution in [0.1, 0.15) is 18.7 Å². The van der Waals surface area contributed by atoms with E-state index in [0.717, 1.165) is 9.18 Å². The van der Waals surface area contributed by atoms with E-state index in [1.807, 2.05) is 0 Å². The zero-order valence-electron chi connectivity index (χ0n) is 15.2. The molecule has 0 saturated carbocycles. The lowest BCUT2D eigenvalue weighted by molar-refractivity contribution is -0.142. The predicted molar refractivity (Wildman–Crippen MR) is 110 cm³/mol. The molecule has 1 aliphatic rings. The largest absolute Gasteiger partial charge is 0.488 e. The van der Waals surface area contributed by atoms with Gasteiger partial charge in [-0.15, -0.1) is 11.3 Å². The number of hydrogen-bond acceptors (Lipinski definition) is 7. The molecule has 0 radical (unpaired) electrons. The Morgan fingerprint density at radius 1 is 1.39 bits per heavy atom. The molecule has 1 aromatic carbocycles. The normalized spacial score (nSPS) is 20.0. The number of aliphatic carboxylic acids is 1. The van der Waals surface area contributed by atoms with Crippen LogP contribution < -0.4 is 4.74 Å². The first-order valence-corrected chi connectivity index (χ1v) is 11.9. The van der Waals surface area contributed by atoms with Crippen molar-refractivity contribution in [2.75, 3.05) is 12.3 Å². The third-order valence-corrected chi connectivity index (χ3v) is 8.62. The number of sulfonamides is 1. The van der Waals surface area contributed by atoms with Crippen LogP contribution in [0.15, 0.2) is 35.4 Å². The summed E-state index contributed by atoms with van der Waals surface area (Å²) in [7, 11) is -3.95. The van der Waals surface area contributed by atoms with Crippen molar-refractivity contribution in [3.63, 3.8) is 0 Å². The first-order valence-electron chi connectivity index (χ1n) is 8.33. The maximum absolute atomic E-state index is 13.1. The average molecular weight is 463 g/mol. The van der Waals surface area contributed by atoms with E-state index in [1.165, 1.54) is 35.2 Å². The number of carbonyl (C=O) groups is 1. The molecule has 1 N–H and O–H groups in total. The number of nitrogens with zero attached hydrogens (tertiary/aromatic N) is 2. The molecule has 28 heavy (non-hydrogen) atoms. The van der Waals surface area contributed by atoms with Crippen LogP contribution in [0.25, 0.3) is 0 Å². The highest BCUT2D eigenvalue weighted by Gasteiger charge is 2.48. The SMILES string of the molecule is CC1(C)SCCN(S(=O)(=O)c2ccc(OCc3cnc(Cl)s3)cc2)C1C(=O)O. The summed E-state index contributed by atoms with van der Waals surface area (Å²) >= 11 is 8.54. The Kier molecular flexibility index (Phi) is 6.26. The van der Waals surface area contributed by atoms with Gasteiger partial charge < -0.3 is 9.84 Å². The van der Waals surface area contributed by atoms with Crippen LogP contribution in [-0.4, -0.2) is 51.9 Å². The summed E-state index contributed by atoms with van der Waals surface area (Å²) in [5.74, 6) is -0.119. The lowest BCUT2D eigenvalue weighted by Gasteiger charge is -2.42. The predicted octanol–water partition coefficient (Wildman–Crippen LogP) is 3.34. The highest BCUT2D eigenvalue weighted by atomic mass is 35.5. The Morgan fingerprint density at radius 3 is 2.64 bits per heavy atom. The lowest BCUT2D eigenvalue weighted by atomic mass is 10.0. The van der Waals surface area contributed by atoms with E-state index in [9.17, 15) is 18.3 Å². The van der Waals surface area contributed by atoms with Crippen molar-refractivity contribution >= 4 is 50.7 Å². The Hall–Kier alpha value is -1.33. The maximum atomic E-state index is 13.1. The van der Waals surface area contributed by atoms with Gasteiger partial charge in [-0.1, -0.05) is 11.6 Å². The van der Waals surface area contributed by atoms with Gasteiger partial charge in [0.2, 0.25) is 10.0 Å². The number of carboxylic acids is 1. The summed E-state index contributed by atoms with van der Waals surface area (Å²) in [4.78, 5) is 16.6. The highest BCUT2D eigenvalue weighted by Crippen LogP contribution is 2.38. The molecule has 11 heteroatoms. The topological polar surface area (TPSA) is 96.8 Å². The van der Waals surface area contributed by atoms with E-state index in [4.69, 9.17) is 16.3 Å². The monoisotopic (exact) mass is 462 g/mol. The van der Waals surface area contributed by atoms with Gasteiger partial charge in [0.05, 0.1) is 9.77 Å². The fourth-order valence-corrected chi connectivity index (χ4v) is 6.97. The van der Waals surface area contributed by atoms with E-state index in [0.29, 0.717) is 16.0 Å². The number of thiazole rings is 1. The highest BCUT2D eigenvalue weighted by molar-refractivity contribution is 8.00. The number of carboxylic acid groups (broad SMARTS) is 1. The maximum Gasteiger partial charge on any atom is 0.323 e. The first-order chi connectivity index (χ1) is 13.1. The molecular formula is C17H19ClN2O5S3. The third-order valence-electron chi connectivity index (χ3n) is 4.30. The van der Waals surface area contributed by atoms with Crippen LogP contribution in [0.5, 0.6) is 5.75 Å². The lowest BCUT2D eigenvalue weighted by Crippen LogP contribution is -2.58. The quantitative estimate of drug-likeness (QED) is 0.703. The molecule has 7 nitrogen and oxygen atoms in total. The molecule has 1 saturated heterocycles. The van der Waals surface area contributed by atoms with Crippen molar-refractivity contribution in [1.82, 2.24) is 9.29 Å². The number of halogens is 1. The van der Waals surface area contributed by atoms with Crippen molar-refractivity contribution in [3.05, 3.63) is 39.8 Å². The van der Waals surface area contributed by atoms with Gasteiger partial charge in [0, 0.05) is 23.2 Å². The van der Waals surface area contributed by atoms with Gasteiger partial charge in [0.1, 0.15) is 18.4 Å². The second-order valence-electron chi connectivity index (χ2n) is 6.65. The van der Waals surface area contributed by atoms with E-state index in [2.05, 4.69) is 4.98 Å². The fraction of sp³-hybridized carbons (Fsp3) is 0.412. The van der Waals surface area contributed by atoms with Gasteiger partial charge in [-0.05, 0) is 38.1 Å². The van der Waals surface area contributed by atoms with Gasteiger partial charge >= 0.3 is 5.97 Å². The van der Waals surface area contributed by atoms with Crippen LogP contribution in [0.4, 0.5) is 0 Å². The van der Waals surface area contributed by atoms with Gasteiger partial charge in [-0.2, -0.15) is 16.1 Å². The van der Waals surface area contributed by atoms with E-state index in [-0.39, 0.29) is 18.0 Å². The number of ether oxygens (including phenoxy) is 1. The van der Waals surface area contributed by atoms with E-state index < -0.39 is 26.8 Å². The van der Waals surface area contributed by atoms with Crippen LogP contribution in [-0.2, 0) is 21.4 Å². The molecule has 1 unspecified atom stereocenters. The van der Waals surface area contributed by atoms with E-state index in [1.54, 1.807) is 32.2 Å². The number of rotatable bonds is 6. The summed E-state index contributed by atoms with van der Waals surface area (Å²) in [6, 6.07) is 4.82. The minimum atomic E-state index is -3.95. The van der Waals surface area contributed by atoms with Crippen molar-refractivity contribution in [2.45, 2.75) is 36.1 Å². The fourth-order valence-electron chi connectivity index (χ4n) is 2.98. The summed E-state index contributed by atoms with van der Waals surface area (Å²) in [6.07, 6.45) is 1.62. The Morgan fingerprint density at radius 2 is 2.07 bits per heavy atom. The molecule has 2 heterocycles. The zero-order chi connectivity index (χ0) is 20.5. The minimum absolute atomic E-state index is 0.0367. The molecule has 0 spiro atoms. The van der Waals surface area contributed by atoms with Crippen LogP contribution in [0, 0.1) is 0 Å². The standard InChI is InChI=1S/C17H19ClN2O5S3/c1-17(2)14(15(21)22)20(7-8-26-17)28(23,24)13-5-3-11(4-6-13)25-10-12-9-19-16(18)27-12/h3-6,9,14H,7-8,10H2,1-2H3,(H,21,22). The van der Waals surface area contributed by atoms with Gasteiger partial charge in [0.15, 0.2) is 4.47 Å². The zero-order valence-corrected chi connectivity index (χ0v) is 18.4. The summed E-state index contributed by atoms with van der Waals surface area (Å²) in [6.45, 7) is 3.93. The molecule has 1 aliphatic heterocycles. The Balaban J connectivity index is 1.78. The third kappa shape index (κ3) is 4.46. The van der Waals surface area contributed by atoms with Crippen molar-refractivity contribution in [1.29, 1.82) is 0 Å². The average Bonchev–Trinajstić information content (AvgIpc) is 3.04. The van der Waals surface area contributed by atoms with Crippen molar-refractivity contribution in [2.24, 2.45) is 0 Å². The number of thioether (sulfide) groups is 1. The summed E-state index contributed by atoms with van der Waals surface area (Å²) in [5, 5.41) is 9.63. The van der Waals surface area contributed by atoms with Gasteiger partial charge in [0.25, 0.3) is 0 Å². The number of aromatic nitrogens is 1. The molecule has 1 fully saturated rings. The van der Waals surface area contributed by atoms with Crippen molar-refractivity contribution in [3.8, 4) is 5.75 Å². The molecule has 3 rings (SSSR count). The van der Waals surface area contributed by atoms with Gasteiger partial charge in [-0.3, -0.25) is 4.79 Å². The van der Waals surface area contributed by atoms with Crippen molar-refractivity contribution < 1.29 is 23.1 Å². The molecule has 152 valence electrons. The molecule has 2 aromatic rings. The van der Waals surface area contributed by atoms with E-state index >= 15 is 0 Å². The molecule has 1 atom stereocenters. The molecule has 1 aromatic heterocycles. The summed E-state index contributed by atoms with van der Waals surface area (Å²) in [5.41, 5.74) is 0.